The Morgan fingerprint density at radius 2 is 1.80 bits per heavy atom. The van der Waals surface area contributed by atoms with Crippen LogP contribution in [-0.4, -0.2) is 11.1 Å². The van der Waals surface area contributed by atoms with Crippen molar-refractivity contribution >= 4 is 0 Å². The van der Waals surface area contributed by atoms with Crippen LogP contribution in [0.5, 0.6) is 0 Å². The van der Waals surface area contributed by atoms with Gasteiger partial charge in [0.2, 0.25) is 0 Å². The van der Waals surface area contributed by atoms with Crippen molar-refractivity contribution in [1.82, 2.24) is 0 Å². The van der Waals surface area contributed by atoms with Crippen LogP contribution in [0.25, 0.3) is 0 Å². The lowest BCUT2D eigenvalue weighted by atomic mass is 9.86. The number of nitrogens with two attached hydrogens (primary N) is 1. The number of aliphatic hydroxyl groups excluding tert-OH is 1. The van der Waals surface area contributed by atoms with Crippen molar-refractivity contribution in [2.45, 2.75) is 31.7 Å². The summed E-state index contributed by atoms with van der Waals surface area (Å²) in [7, 11) is 0. The molecule has 1 aliphatic carbocycles. The van der Waals surface area contributed by atoms with Gasteiger partial charge < -0.3 is 10.8 Å². The first-order valence-corrected chi connectivity index (χ1v) is 3.83. The zero-order valence-electron chi connectivity index (χ0n) is 6.21. The summed E-state index contributed by atoms with van der Waals surface area (Å²) in [6.07, 6.45) is 4.08. The first-order valence-electron chi connectivity index (χ1n) is 3.83. The number of hydrogen-bond acceptors (Lipinski definition) is 2. The van der Waals surface area contributed by atoms with Crippen LogP contribution in [0.15, 0.2) is 12.3 Å². The molecule has 0 spiro atoms. The molecule has 1 rings (SSSR count). The second kappa shape index (κ2) is 3.06. The van der Waals surface area contributed by atoms with E-state index in [0.717, 1.165) is 25.7 Å². The van der Waals surface area contributed by atoms with Gasteiger partial charge in [-0.15, -0.1) is 0 Å². The minimum absolute atomic E-state index is 0.319. The first-order chi connectivity index (χ1) is 4.70. The van der Waals surface area contributed by atoms with Crippen molar-refractivity contribution in [2.75, 3.05) is 0 Å². The van der Waals surface area contributed by atoms with E-state index in [2.05, 4.69) is 6.58 Å². The van der Waals surface area contributed by atoms with Crippen LogP contribution in [0.4, 0.5) is 0 Å². The molecular formula is C8H15NO. The number of aliphatic hydroxyl groups is 1. The molecule has 2 heteroatoms. The minimum Gasteiger partial charge on any atom is -0.513 e. The SMILES string of the molecule is C=C(O)[C@H]1CC[C@H](N)CC1. The molecule has 2 nitrogen and oxygen atoms in total. The molecule has 0 atom stereocenters. The Balaban J connectivity index is 2.33. The number of hydrogen-bond donors (Lipinski definition) is 2. The molecule has 1 saturated carbocycles. The molecule has 1 aliphatic rings. The fraction of sp³-hybridized carbons (Fsp3) is 0.750. The maximum Gasteiger partial charge on any atom is 0.0881 e. The van der Waals surface area contributed by atoms with Crippen molar-refractivity contribution in [2.24, 2.45) is 11.7 Å². The van der Waals surface area contributed by atoms with Crippen molar-refractivity contribution in [3.63, 3.8) is 0 Å². The molecule has 1 fully saturated rings. The van der Waals surface area contributed by atoms with Crippen LogP contribution < -0.4 is 5.73 Å². The summed E-state index contributed by atoms with van der Waals surface area (Å²) >= 11 is 0. The largest absolute Gasteiger partial charge is 0.513 e. The molecular weight excluding hydrogens is 126 g/mol. The topological polar surface area (TPSA) is 46.2 Å². The van der Waals surface area contributed by atoms with Gasteiger partial charge in [-0.2, -0.15) is 0 Å². The third-order valence-corrected chi connectivity index (χ3v) is 2.24. The van der Waals surface area contributed by atoms with Crippen LogP contribution >= 0.6 is 0 Å². The Morgan fingerprint density at radius 1 is 1.30 bits per heavy atom. The molecule has 0 heterocycles. The maximum atomic E-state index is 9.03. The highest BCUT2D eigenvalue weighted by Crippen LogP contribution is 2.26. The molecule has 0 aromatic rings. The highest BCUT2D eigenvalue weighted by atomic mass is 16.3. The van der Waals surface area contributed by atoms with Crippen molar-refractivity contribution in [3.8, 4) is 0 Å². The van der Waals surface area contributed by atoms with Gasteiger partial charge in [0, 0.05) is 12.0 Å². The molecule has 0 amide bonds. The van der Waals surface area contributed by atoms with Gasteiger partial charge >= 0.3 is 0 Å². The van der Waals surface area contributed by atoms with E-state index < -0.39 is 0 Å². The fourth-order valence-electron chi connectivity index (χ4n) is 1.45. The van der Waals surface area contributed by atoms with Gasteiger partial charge in [0.15, 0.2) is 0 Å². The number of allylic oxidation sites excluding steroid dienone is 1. The van der Waals surface area contributed by atoms with E-state index in [1.807, 2.05) is 0 Å². The molecule has 10 heavy (non-hydrogen) atoms. The van der Waals surface area contributed by atoms with E-state index >= 15 is 0 Å². The average molecular weight is 141 g/mol. The van der Waals surface area contributed by atoms with Gasteiger partial charge in [-0.1, -0.05) is 6.58 Å². The molecule has 58 valence electrons. The lowest BCUT2D eigenvalue weighted by Gasteiger charge is -2.24. The van der Waals surface area contributed by atoms with E-state index in [-0.39, 0.29) is 0 Å². The highest BCUT2D eigenvalue weighted by Gasteiger charge is 2.19. The Morgan fingerprint density at radius 3 is 2.20 bits per heavy atom. The third kappa shape index (κ3) is 1.74. The molecule has 0 aromatic heterocycles. The third-order valence-electron chi connectivity index (χ3n) is 2.24. The first kappa shape index (κ1) is 7.61. The summed E-state index contributed by atoms with van der Waals surface area (Å²) < 4.78 is 0. The van der Waals surface area contributed by atoms with Crippen LogP contribution in [0.3, 0.4) is 0 Å². The smallest absolute Gasteiger partial charge is 0.0881 e. The van der Waals surface area contributed by atoms with E-state index in [1.54, 1.807) is 0 Å². The summed E-state index contributed by atoms with van der Waals surface area (Å²) in [4.78, 5) is 0. The Kier molecular flexibility index (Phi) is 2.33. The fourth-order valence-corrected chi connectivity index (χ4v) is 1.45. The molecule has 3 N–H and O–H groups in total. The highest BCUT2D eigenvalue weighted by molar-refractivity contribution is 4.92. The van der Waals surface area contributed by atoms with E-state index in [0.29, 0.717) is 17.7 Å². The van der Waals surface area contributed by atoms with Crippen LogP contribution in [0, 0.1) is 5.92 Å². The summed E-state index contributed by atoms with van der Waals surface area (Å²) in [6.45, 7) is 3.52. The summed E-state index contributed by atoms with van der Waals surface area (Å²) in [6, 6.07) is 0.357. The standard InChI is InChI=1S/C8H15NO/c1-6(10)7-2-4-8(9)5-3-7/h7-8,10H,1-5,9H2/t7-,8-. The molecule has 0 bridgehead atoms. The second-order valence-corrected chi connectivity index (χ2v) is 3.10. The van der Waals surface area contributed by atoms with Gasteiger partial charge in [0.25, 0.3) is 0 Å². The zero-order valence-corrected chi connectivity index (χ0v) is 6.21. The van der Waals surface area contributed by atoms with Crippen LogP contribution in [0.2, 0.25) is 0 Å². The predicted octanol–water partition coefficient (Wildman–Crippen LogP) is 1.58. The van der Waals surface area contributed by atoms with Gasteiger partial charge in [0.1, 0.15) is 0 Å². The molecule has 0 aromatic carbocycles. The molecule has 0 radical (unpaired) electrons. The van der Waals surface area contributed by atoms with Gasteiger partial charge in [-0.3, -0.25) is 0 Å². The molecule has 0 saturated heterocycles. The monoisotopic (exact) mass is 141 g/mol. The van der Waals surface area contributed by atoms with Crippen molar-refractivity contribution < 1.29 is 5.11 Å². The number of rotatable bonds is 1. The van der Waals surface area contributed by atoms with Crippen LogP contribution in [-0.2, 0) is 0 Å². The Bertz CT molecular complexity index is 125. The van der Waals surface area contributed by atoms with Crippen molar-refractivity contribution in [3.05, 3.63) is 12.3 Å². The Hall–Kier alpha value is -0.500. The Labute approximate surface area is 61.7 Å². The van der Waals surface area contributed by atoms with E-state index in [9.17, 15) is 0 Å². The lowest BCUT2D eigenvalue weighted by molar-refractivity contribution is 0.265. The quantitative estimate of drug-likeness (QED) is 0.544. The normalized spacial score (nSPS) is 33.7. The van der Waals surface area contributed by atoms with E-state index in [1.165, 1.54) is 0 Å². The summed E-state index contributed by atoms with van der Waals surface area (Å²) in [5.74, 6) is 0.659. The average Bonchev–Trinajstić information content (AvgIpc) is 1.88. The van der Waals surface area contributed by atoms with Gasteiger partial charge in [-0.05, 0) is 25.7 Å². The van der Waals surface area contributed by atoms with Gasteiger partial charge in [0.05, 0.1) is 5.76 Å². The van der Waals surface area contributed by atoms with Gasteiger partial charge in [-0.25, -0.2) is 0 Å². The van der Waals surface area contributed by atoms with Crippen molar-refractivity contribution in [1.29, 1.82) is 0 Å². The second-order valence-electron chi connectivity index (χ2n) is 3.10. The summed E-state index contributed by atoms with van der Waals surface area (Å²) in [5, 5.41) is 9.03. The molecule has 0 unspecified atom stereocenters. The zero-order chi connectivity index (χ0) is 7.56. The summed E-state index contributed by atoms with van der Waals surface area (Å²) in [5.41, 5.74) is 5.69. The minimum atomic E-state index is 0.319. The molecule has 0 aliphatic heterocycles. The maximum absolute atomic E-state index is 9.03. The van der Waals surface area contributed by atoms with E-state index in [4.69, 9.17) is 10.8 Å². The predicted molar refractivity (Wildman–Crippen MR) is 41.7 cm³/mol. The van der Waals surface area contributed by atoms with Crippen LogP contribution in [0.1, 0.15) is 25.7 Å². The lowest BCUT2D eigenvalue weighted by Crippen LogP contribution is -2.26.